The molecule has 1 aliphatic rings. The third kappa shape index (κ3) is 4.16. The summed E-state index contributed by atoms with van der Waals surface area (Å²) in [7, 11) is 0. The lowest BCUT2D eigenvalue weighted by atomic mass is 10.1. The van der Waals surface area contributed by atoms with Gasteiger partial charge in [-0.05, 0) is 18.2 Å². The zero-order chi connectivity index (χ0) is 12.3. The van der Waals surface area contributed by atoms with Crippen molar-refractivity contribution < 1.29 is 4.79 Å². The van der Waals surface area contributed by atoms with Crippen LogP contribution in [0.2, 0.25) is 10.0 Å². The molecule has 1 N–H and O–H groups in total. The van der Waals surface area contributed by atoms with E-state index in [4.69, 9.17) is 23.2 Å². The predicted octanol–water partition coefficient (Wildman–Crippen LogP) is 3.45. The van der Waals surface area contributed by atoms with Gasteiger partial charge in [0.15, 0.2) is 11.0 Å². The Balaban J connectivity index is 0.00000162. The molecule has 7 heteroatoms. The van der Waals surface area contributed by atoms with Crippen molar-refractivity contribution in [2.75, 3.05) is 18.8 Å². The van der Waals surface area contributed by atoms with E-state index in [0.29, 0.717) is 21.4 Å². The number of hydrogen-bond acceptors (Lipinski definition) is 4. The van der Waals surface area contributed by atoms with Crippen molar-refractivity contribution in [1.82, 2.24) is 5.32 Å². The average molecular weight is 370 g/mol. The first-order valence-corrected chi connectivity index (χ1v) is 6.80. The number of nitrogens with zero attached hydrogens (tertiary/aromatic N) is 1. The van der Waals surface area contributed by atoms with Gasteiger partial charge in [0.2, 0.25) is 0 Å². The minimum atomic E-state index is 0. The van der Waals surface area contributed by atoms with Crippen LogP contribution >= 0.6 is 51.9 Å². The van der Waals surface area contributed by atoms with Crippen molar-refractivity contribution in [2.24, 2.45) is 4.99 Å². The van der Waals surface area contributed by atoms with E-state index < -0.39 is 0 Å². The van der Waals surface area contributed by atoms with E-state index in [2.05, 4.69) is 10.3 Å². The second-order valence-electron chi connectivity index (χ2n) is 3.45. The fourth-order valence-electron chi connectivity index (χ4n) is 1.36. The second kappa shape index (κ2) is 7.38. The van der Waals surface area contributed by atoms with Crippen molar-refractivity contribution in [3.63, 3.8) is 0 Å². The molecule has 0 atom stereocenters. The largest absolute Gasteiger partial charge is 0.363 e. The van der Waals surface area contributed by atoms with Gasteiger partial charge in [-0.15, -0.1) is 17.0 Å². The number of hydrogen-bond donors (Lipinski definition) is 1. The van der Waals surface area contributed by atoms with Crippen LogP contribution in [-0.4, -0.2) is 29.8 Å². The first-order chi connectivity index (χ1) is 8.16. The van der Waals surface area contributed by atoms with Crippen LogP contribution in [-0.2, 0) is 0 Å². The zero-order valence-corrected chi connectivity index (χ0v) is 13.3. The summed E-state index contributed by atoms with van der Waals surface area (Å²) in [5.41, 5.74) is 0.575. The second-order valence-corrected chi connectivity index (χ2v) is 5.23. The lowest BCUT2D eigenvalue weighted by Gasteiger charge is -2.03. The van der Waals surface area contributed by atoms with Crippen LogP contribution in [0, 0.1) is 0 Å². The van der Waals surface area contributed by atoms with E-state index in [9.17, 15) is 4.79 Å². The van der Waals surface area contributed by atoms with Crippen LogP contribution in [0.25, 0.3) is 0 Å². The lowest BCUT2D eigenvalue weighted by molar-refractivity contribution is 0.102. The fraction of sp³-hybridized carbons (Fsp3) is 0.273. The van der Waals surface area contributed by atoms with Crippen molar-refractivity contribution >= 4 is 62.9 Å². The highest BCUT2D eigenvalue weighted by molar-refractivity contribution is 8.93. The highest BCUT2D eigenvalue weighted by Crippen LogP contribution is 2.23. The highest BCUT2D eigenvalue weighted by Gasteiger charge is 2.12. The summed E-state index contributed by atoms with van der Waals surface area (Å²) in [5, 5.41) is 4.79. The number of aliphatic imine (C=N–C) groups is 1. The summed E-state index contributed by atoms with van der Waals surface area (Å²) in [6.07, 6.45) is 0. The van der Waals surface area contributed by atoms with Gasteiger partial charge in [0, 0.05) is 12.1 Å². The van der Waals surface area contributed by atoms with Crippen LogP contribution in [0.5, 0.6) is 0 Å². The average Bonchev–Trinajstić information content (AvgIpc) is 2.82. The van der Waals surface area contributed by atoms with Crippen molar-refractivity contribution in [1.29, 1.82) is 0 Å². The van der Waals surface area contributed by atoms with Gasteiger partial charge in [-0.25, -0.2) is 0 Å². The number of ketones is 1. The molecule has 18 heavy (non-hydrogen) atoms. The van der Waals surface area contributed by atoms with Crippen LogP contribution < -0.4 is 5.32 Å². The molecule has 0 amide bonds. The van der Waals surface area contributed by atoms with Crippen LogP contribution in [0.15, 0.2) is 23.2 Å². The molecular formula is C11H11BrCl2N2OS. The highest BCUT2D eigenvalue weighted by atomic mass is 79.9. The molecule has 0 spiro atoms. The minimum Gasteiger partial charge on any atom is -0.363 e. The predicted molar refractivity (Wildman–Crippen MR) is 83.9 cm³/mol. The number of carbonyl (C=O) groups excluding carboxylic acids is 1. The molecular weight excluding hydrogens is 359 g/mol. The number of halogens is 3. The fourth-order valence-corrected chi connectivity index (χ4v) is 2.48. The maximum Gasteiger partial charge on any atom is 0.173 e. The van der Waals surface area contributed by atoms with E-state index in [-0.39, 0.29) is 22.8 Å². The Morgan fingerprint density at radius 2 is 2.17 bits per heavy atom. The van der Waals surface area contributed by atoms with Gasteiger partial charge in [0.25, 0.3) is 0 Å². The normalized spacial score (nSPS) is 13.6. The van der Waals surface area contributed by atoms with Gasteiger partial charge < -0.3 is 5.32 Å². The molecule has 0 radical (unpaired) electrons. The molecule has 0 fully saturated rings. The van der Waals surface area contributed by atoms with E-state index in [1.807, 2.05) is 0 Å². The Kier molecular flexibility index (Phi) is 6.49. The zero-order valence-electron chi connectivity index (χ0n) is 9.28. The molecule has 1 aromatic rings. The third-order valence-electron chi connectivity index (χ3n) is 2.22. The molecule has 0 unspecified atom stereocenters. The number of nitrogens with one attached hydrogen (secondary N) is 1. The number of rotatable bonds is 3. The van der Waals surface area contributed by atoms with Crippen LogP contribution in [0.4, 0.5) is 0 Å². The maximum atomic E-state index is 11.9. The first kappa shape index (κ1) is 15.8. The lowest BCUT2D eigenvalue weighted by Crippen LogP contribution is -2.17. The van der Waals surface area contributed by atoms with Gasteiger partial charge in [0.05, 0.1) is 22.3 Å². The molecule has 3 nitrogen and oxygen atoms in total. The Hall–Kier alpha value is -0.230. The SMILES string of the molecule is Br.O=C(CSC1=NCCN1)c1ccc(Cl)c(Cl)c1. The molecule has 0 bridgehead atoms. The maximum absolute atomic E-state index is 11.9. The molecule has 0 aromatic heterocycles. The summed E-state index contributed by atoms with van der Waals surface area (Å²) in [6, 6.07) is 4.91. The number of amidine groups is 1. The summed E-state index contributed by atoms with van der Waals surface area (Å²) in [4.78, 5) is 16.1. The van der Waals surface area contributed by atoms with Gasteiger partial charge in [-0.3, -0.25) is 9.79 Å². The molecule has 0 saturated heterocycles. The number of carbonyl (C=O) groups is 1. The summed E-state index contributed by atoms with van der Waals surface area (Å²) in [6.45, 7) is 1.63. The van der Waals surface area contributed by atoms with Crippen LogP contribution in [0.1, 0.15) is 10.4 Å². The number of Topliss-reactive ketones (excluding diaryl/α,β-unsaturated/α-hetero) is 1. The Labute approximate surface area is 130 Å². The summed E-state index contributed by atoms with van der Waals surface area (Å²) in [5.74, 6) is 0.369. The quantitative estimate of drug-likeness (QED) is 0.829. The van der Waals surface area contributed by atoms with Crippen LogP contribution in [0.3, 0.4) is 0 Å². The van der Waals surface area contributed by atoms with Gasteiger partial charge in [0.1, 0.15) is 0 Å². The first-order valence-electron chi connectivity index (χ1n) is 5.06. The molecule has 1 heterocycles. The molecule has 2 rings (SSSR count). The summed E-state index contributed by atoms with van der Waals surface area (Å²) >= 11 is 13.1. The standard InChI is InChI=1S/C11H10Cl2N2OS.BrH/c12-8-2-1-7(5-9(8)13)10(16)6-17-11-14-3-4-15-11;/h1-2,5H,3-4,6H2,(H,14,15);1H. The Morgan fingerprint density at radius 1 is 1.39 bits per heavy atom. The molecule has 98 valence electrons. The van der Waals surface area contributed by atoms with Crippen molar-refractivity contribution in [3.8, 4) is 0 Å². The number of benzene rings is 1. The van der Waals surface area contributed by atoms with Crippen molar-refractivity contribution in [2.45, 2.75) is 0 Å². The Morgan fingerprint density at radius 3 is 2.78 bits per heavy atom. The third-order valence-corrected chi connectivity index (χ3v) is 3.92. The van der Waals surface area contributed by atoms with Gasteiger partial charge >= 0.3 is 0 Å². The van der Waals surface area contributed by atoms with E-state index in [0.717, 1.165) is 18.3 Å². The van der Waals surface area contributed by atoms with Crippen molar-refractivity contribution in [3.05, 3.63) is 33.8 Å². The summed E-state index contributed by atoms with van der Waals surface area (Å²) < 4.78 is 0. The molecule has 0 saturated carbocycles. The molecule has 1 aliphatic heterocycles. The molecule has 0 aliphatic carbocycles. The number of thioether (sulfide) groups is 1. The van der Waals surface area contributed by atoms with E-state index in [1.165, 1.54) is 11.8 Å². The van der Waals surface area contributed by atoms with Gasteiger partial charge in [-0.1, -0.05) is 35.0 Å². The molecule has 1 aromatic carbocycles. The van der Waals surface area contributed by atoms with E-state index in [1.54, 1.807) is 18.2 Å². The monoisotopic (exact) mass is 368 g/mol. The van der Waals surface area contributed by atoms with E-state index >= 15 is 0 Å². The Bertz CT molecular complexity index is 482. The topological polar surface area (TPSA) is 41.5 Å². The smallest absolute Gasteiger partial charge is 0.173 e. The van der Waals surface area contributed by atoms with Gasteiger partial charge in [-0.2, -0.15) is 0 Å². The minimum absolute atomic E-state index is 0.